The quantitative estimate of drug-likeness (QED) is 0.455. The summed E-state index contributed by atoms with van der Waals surface area (Å²) in [5, 5.41) is 13.6. The molecule has 9 nitrogen and oxygen atoms in total. The number of nitrogens with one attached hydrogen (secondary N) is 1. The van der Waals surface area contributed by atoms with E-state index in [9.17, 15) is 19.5 Å². The van der Waals surface area contributed by atoms with E-state index in [-0.39, 0.29) is 40.9 Å². The van der Waals surface area contributed by atoms with Crippen LogP contribution in [0.4, 0.5) is 0 Å². The molecule has 0 saturated carbocycles. The highest BCUT2D eigenvalue weighted by atomic mass is 16.5. The zero-order valence-corrected chi connectivity index (χ0v) is 20.3. The van der Waals surface area contributed by atoms with E-state index in [1.165, 1.54) is 21.3 Å². The second-order valence-corrected chi connectivity index (χ2v) is 8.45. The summed E-state index contributed by atoms with van der Waals surface area (Å²) < 4.78 is 21.0. The fourth-order valence-corrected chi connectivity index (χ4v) is 4.64. The van der Waals surface area contributed by atoms with E-state index in [0.717, 1.165) is 0 Å². The molecule has 0 radical (unpaired) electrons. The fraction of sp³-hybridized carbons (Fsp3) is 0.480. The van der Waals surface area contributed by atoms with Gasteiger partial charge >= 0.3 is 11.9 Å². The van der Waals surface area contributed by atoms with Gasteiger partial charge in [-0.25, -0.2) is 4.79 Å². The number of ether oxygens (including phenoxy) is 4. The van der Waals surface area contributed by atoms with Crippen LogP contribution in [0.3, 0.4) is 0 Å². The Bertz CT molecular complexity index is 1050. The van der Waals surface area contributed by atoms with Crippen molar-refractivity contribution in [2.75, 3.05) is 27.9 Å². The number of phenolic OH excluding ortho intramolecular Hbond substituents is 1. The van der Waals surface area contributed by atoms with Crippen molar-refractivity contribution in [3.05, 3.63) is 40.2 Å². The fourth-order valence-electron chi connectivity index (χ4n) is 4.64. The third-order valence-corrected chi connectivity index (χ3v) is 6.24. The van der Waals surface area contributed by atoms with Gasteiger partial charge < -0.3 is 29.4 Å². The molecule has 0 unspecified atom stereocenters. The third kappa shape index (κ3) is 4.34. The van der Waals surface area contributed by atoms with Crippen LogP contribution in [-0.4, -0.2) is 50.8 Å². The number of methoxy groups -OCH3 is 3. The summed E-state index contributed by atoms with van der Waals surface area (Å²) in [6, 6.07) is 3.11. The number of phenols is 1. The van der Waals surface area contributed by atoms with Crippen LogP contribution in [0.25, 0.3) is 0 Å². The van der Waals surface area contributed by atoms with Crippen molar-refractivity contribution in [1.29, 1.82) is 0 Å². The molecule has 9 heteroatoms. The van der Waals surface area contributed by atoms with E-state index >= 15 is 0 Å². The Morgan fingerprint density at radius 2 is 1.76 bits per heavy atom. The van der Waals surface area contributed by atoms with Crippen LogP contribution >= 0.6 is 0 Å². The van der Waals surface area contributed by atoms with Gasteiger partial charge in [0.1, 0.15) is 5.92 Å². The van der Waals surface area contributed by atoms with Gasteiger partial charge in [-0.15, -0.1) is 0 Å². The molecule has 34 heavy (non-hydrogen) atoms. The van der Waals surface area contributed by atoms with E-state index in [2.05, 4.69) is 5.32 Å². The molecule has 0 fully saturated rings. The minimum Gasteiger partial charge on any atom is -0.502 e. The first-order chi connectivity index (χ1) is 16.2. The lowest BCUT2D eigenvalue weighted by atomic mass is 9.69. The molecule has 0 aromatic heterocycles. The predicted octanol–water partition coefficient (Wildman–Crippen LogP) is 2.98. The lowest BCUT2D eigenvalue weighted by Crippen LogP contribution is -2.43. The number of carbonyl (C=O) groups is 3. The Kier molecular flexibility index (Phi) is 7.54. The Labute approximate surface area is 198 Å². The molecule has 1 aliphatic carbocycles. The van der Waals surface area contributed by atoms with E-state index in [1.807, 2.05) is 13.8 Å². The van der Waals surface area contributed by atoms with Gasteiger partial charge in [0, 0.05) is 22.9 Å². The Hall–Kier alpha value is -3.49. The summed E-state index contributed by atoms with van der Waals surface area (Å²) in [5.41, 5.74) is 2.20. The van der Waals surface area contributed by atoms with Gasteiger partial charge in [-0.05, 0) is 43.4 Å². The minimum absolute atomic E-state index is 0.120. The van der Waals surface area contributed by atoms with Gasteiger partial charge in [0.2, 0.25) is 5.75 Å². The summed E-state index contributed by atoms with van der Waals surface area (Å²) in [6.07, 6.45) is 1.05. The number of hydrogen-bond acceptors (Lipinski definition) is 9. The lowest BCUT2D eigenvalue weighted by Gasteiger charge is -2.38. The summed E-state index contributed by atoms with van der Waals surface area (Å²) in [7, 11) is 4.03. The average Bonchev–Trinajstić information content (AvgIpc) is 2.81. The number of ketones is 1. The molecule has 3 rings (SSSR count). The number of carbonyl (C=O) groups excluding carboxylic acids is 3. The number of allylic oxidation sites excluding steroid dienone is 3. The molecule has 2 N–H and O–H groups in total. The largest absolute Gasteiger partial charge is 0.502 e. The zero-order chi connectivity index (χ0) is 25.2. The van der Waals surface area contributed by atoms with Crippen molar-refractivity contribution in [3.63, 3.8) is 0 Å². The van der Waals surface area contributed by atoms with E-state index in [4.69, 9.17) is 18.9 Å². The molecule has 1 aromatic carbocycles. The van der Waals surface area contributed by atoms with Crippen LogP contribution < -0.4 is 14.8 Å². The number of Topliss-reactive ketones (excluding diaryl/α,β-unsaturated/α-hetero) is 1. The van der Waals surface area contributed by atoms with Gasteiger partial charge in [-0.1, -0.05) is 13.8 Å². The van der Waals surface area contributed by atoms with Crippen molar-refractivity contribution >= 4 is 17.7 Å². The van der Waals surface area contributed by atoms with Crippen molar-refractivity contribution in [1.82, 2.24) is 5.32 Å². The van der Waals surface area contributed by atoms with E-state index in [1.54, 1.807) is 19.1 Å². The first kappa shape index (κ1) is 25.1. The Balaban J connectivity index is 2.26. The van der Waals surface area contributed by atoms with Crippen LogP contribution in [-0.2, 0) is 23.9 Å². The number of hydrogen-bond donors (Lipinski definition) is 2. The minimum atomic E-state index is -1.000. The van der Waals surface area contributed by atoms with Gasteiger partial charge in [0.15, 0.2) is 17.3 Å². The number of esters is 2. The summed E-state index contributed by atoms with van der Waals surface area (Å²) in [5.74, 6) is -3.74. The molecule has 3 atom stereocenters. The molecule has 0 bridgehead atoms. The molecular weight excluding hydrogens is 442 g/mol. The van der Waals surface area contributed by atoms with Crippen molar-refractivity contribution in [2.24, 2.45) is 11.8 Å². The Morgan fingerprint density at radius 3 is 2.29 bits per heavy atom. The summed E-state index contributed by atoms with van der Waals surface area (Å²) in [4.78, 5) is 39.4. The van der Waals surface area contributed by atoms with Crippen molar-refractivity contribution < 1.29 is 38.4 Å². The highest BCUT2D eigenvalue weighted by Crippen LogP contribution is 2.48. The van der Waals surface area contributed by atoms with Crippen LogP contribution in [0.2, 0.25) is 0 Å². The molecule has 1 heterocycles. The maximum atomic E-state index is 13.7. The molecule has 1 aromatic rings. The van der Waals surface area contributed by atoms with Gasteiger partial charge in [-0.2, -0.15) is 0 Å². The third-order valence-electron chi connectivity index (χ3n) is 6.24. The highest BCUT2D eigenvalue weighted by Gasteiger charge is 2.47. The normalized spacial score (nSPS) is 22.1. The van der Waals surface area contributed by atoms with Crippen LogP contribution in [0.1, 0.15) is 45.1 Å². The van der Waals surface area contributed by atoms with E-state index in [0.29, 0.717) is 29.8 Å². The van der Waals surface area contributed by atoms with E-state index < -0.39 is 29.6 Å². The molecule has 184 valence electrons. The molecule has 0 spiro atoms. The first-order valence-electron chi connectivity index (χ1n) is 11.1. The second kappa shape index (κ2) is 10.2. The van der Waals surface area contributed by atoms with Crippen molar-refractivity contribution in [2.45, 2.75) is 39.5 Å². The zero-order valence-electron chi connectivity index (χ0n) is 20.3. The average molecular weight is 474 g/mol. The highest BCUT2D eigenvalue weighted by molar-refractivity contribution is 6.12. The molecular formula is C25H31NO8. The molecule has 0 amide bonds. The Morgan fingerprint density at radius 1 is 1.15 bits per heavy atom. The monoisotopic (exact) mass is 473 g/mol. The van der Waals surface area contributed by atoms with Crippen LogP contribution in [0, 0.1) is 11.8 Å². The number of benzene rings is 1. The maximum Gasteiger partial charge on any atom is 0.336 e. The molecule has 2 aliphatic rings. The van der Waals surface area contributed by atoms with Gasteiger partial charge in [-0.3, -0.25) is 9.59 Å². The number of rotatable bonds is 7. The SMILES string of the molecule is CCCOC(=O)C1=C(C)NC2=C(C(=O)[C@@H](C(=O)OC)[C@H](C)C2)[C@@H]1c1cc(OC)c(O)c(OC)c1. The van der Waals surface area contributed by atoms with Crippen LogP contribution in [0.5, 0.6) is 17.2 Å². The smallest absolute Gasteiger partial charge is 0.336 e. The molecule has 1 aliphatic heterocycles. The number of aromatic hydroxyl groups is 1. The van der Waals surface area contributed by atoms with Crippen LogP contribution in [0.15, 0.2) is 34.7 Å². The number of dihydropyridines is 1. The van der Waals surface area contributed by atoms with Gasteiger partial charge in [0.05, 0.1) is 33.5 Å². The second-order valence-electron chi connectivity index (χ2n) is 8.45. The topological polar surface area (TPSA) is 120 Å². The van der Waals surface area contributed by atoms with Gasteiger partial charge in [0.25, 0.3) is 0 Å². The first-order valence-corrected chi connectivity index (χ1v) is 11.1. The standard InChI is InChI=1S/C25H31NO8/c1-7-8-34-25(30)19-13(3)26-15-9-12(2)18(24(29)33-6)23(28)21(15)20(19)14-10-16(31-4)22(27)17(11-14)32-5/h10-12,18,20,26-27H,7-9H2,1-6H3/t12-,18+,20-/m1/s1. The summed E-state index contributed by atoms with van der Waals surface area (Å²) in [6.45, 7) is 5.66. The maximum absolute atomic E-state index is 13.7. The van der Waals surface area contributed by atoms with Crippen molar-refractivity contribution in [3.8, 4) is 17.2 Å². The predicted molar refractivity (Wildman–Crippen MR) is 122 cm³/mol. The molecule has 0 saturated heterocycles. The lowest BCUT2D eigenvalue weighted by molar-refractivity contribution is -0.151. The summed E-state index contributed by atoms with van der Waals surface area (Å²) >= 11 is 0.